The molecule has 4 atom stereocenters. The Morgan fingerprint density at radius 1 is 1.20 bits per heavy atom. The lowest BCUT2D eigenvalue weighted by molar-refractivity contribution is -0.137. The zero-order valence-electron chi connectivity index (χ0n) is 14.5. The number of hydrogen-bond acceptors (Lipinski definition) is 4. The van der Waals surface area contributed by atoms with Crippen molar-refractivity contribution in [2.75, 3.05) is 6.61 Å². The van der Waals surface area contributed by atoms with E-state index in [2.05, 4.69) is 0 Å². The normalized spacial score (nSPS) is 26.3. The first-order valence-corrected chi connectivity index (χ1v) is 8.93. The summed E-state index contributed by atoms with van der Waals surface area (Å²) in [7, 11) is 0. The van der Waals surface area contributed by atoms with Gasteiger partial charge in [-0.3, -0.25) is 4.79 Å². The van der Waals surface area contributed by atoms with Crippen LogP contribution in [0.2, 0.25) is 0 Å². The smallest absolute Gasteiger partial charge is 0.303 e. The van der Waals surface area contributed by atoms with Gasteiger partial charge < -0.3 is 20.1 Å². The lowest BCUT2D eigenvalue weighted by Crippen LogP contribution is -2.26. The number of aliphatic hydroxyl groups is 2. The van der Waals surface area contributed by atoms with E-state index in [-0.39, 0.29) is 31.0 Å². The number of carboxylic acids is 1. The predicted octanol–water partition coefficient (Wildman–Crippen LogP) is 2.76. The number of carboxylic acid groups (broad SMARTS) is 1. The first-order valence-electron chi connectivity index (χ1n) is 8.93. The van der Waals surface area contributed by atoms with Crippen LogP contribution in [0.4, 0.5) is 0 Å². The van der Waals surface area contributed by atoms with Crippen molar-refractivity contribution in [3.05, 3.63) is 48.0 Å². The molecule has 5 nitrogen and oxygen atoms in total. The molecule has 5 heteroatoms. The van der Waals surface area contributed by atoms with Crippen LogP contribution in [-0.4, -0.2) is 40.1 Å². The molecule has 1 aromatic carbocycles. The average Bonchev–Trinajstić information content (AvgIpc) is 2.91. The Morgan fingerprint density at radius 3 is 2.64 bits per heavy atom. The Morgan fingerprint density at radius 2 is 1.96 bits per heavy atom. The molecule has 138 valence electrons. The Balaban J connectivity index is 1.80. The average molecular weight is 348 g/mol. The molecule has 1 saturated carbocycles. The number of aliphatic carboxylic acids is 1. The molecule has 0 amide bonds. The summed E-state index contributed by atoms with van der Waals surface area (Å²) < 4.78 is 5.96. The maximum atomic E-state index is 10.5. The van der Waals surface area contributed by atoms with E-state index in [4.69, 9.17) is 9.84 Å². The summed E-state index contributed by atoms with van der Waals surface area (Å²) in [6, 6.07) is 9.87. The summed E-state index contributed by atoms with van der Waals surface area (Å²) in [5.41, 5.74) is 1.08. The summed E-state index contributed by atoms with van der Waals surface area (Å²) >= 11 is 0. The molecule has 1 aliphatic rings. The van der Waals surface area contributed by atoms with Crippen molar-refractivity contribution in [1.29, 1.82) is 0 Å². The molecule has 0 aliphatic heterocycles. The molecule has 0 saturated heterocycles. The predicted molar refractivity (Wildman–Crippen MR) is 95.0 cm³/mol. The van der Waals surface area contributed by atoms with Crippen molar-refractivity contribution in [1.82, 2.24) is 0 Å². The second-order valence-electron chi connectivity index (χ2n) is 6.64. The summed E-state index contributed by atoms with van der Waals surface area (Å²) in [4.78, 5) is 10.5. The van der Waals surface area contributed by atoms with Crippen molar-refractivity contribution in [3.63, 3.8) is 0 Å². The molecule has 0 aromatic heterocycles. The lowest BCUT2D eigenvalue weighted by Gasteiger charge is -2.23. The molecular formula is C20H28O5. The molecule has 3 N–H and O–H groups in total. The van der Waals surface area contributed by atoms with Gasteiger partial charge in [0.2, 0.25) is 0 Å². The van der Waals surface area contributed by atoms with Crippen LogP contribution in [0.5, 0.6) is 0 Å². The van der Waals surface area contributed by atoms with Crippen LogP contribution in [0.3, 0.4) is 0 Å². The number of aliphatic hydroxyl groups excluding tert-OH is 2. The highest BCUT2D eigenvalue weighted by Crippen LogP contribution is 2.37. The fourth-order valence-corrected chi connectivity index (χ4v) is 3.44. The first kappa shape index (κ1) is 19.6. The lowest BCUT2D eigenvalue weighted by atomic mass is 9.91. The number of ether oxygens (including phenoxy) is 1. The van der Waals surface area contributed by atoms with Crippen LogP contribution in [0.25, 0.3) is 0 Å². The van der Waals surface area contributed by atoms with Crippen LogP contribution < -0.4 is 0 Å². The SMILES string of the molecule is O=C(O)CCC/C=C/C[C@@H]1[C@@H](CO)[C@H](OCc2ccccc2)C[C@@H]1O. The molecular weight excluding hydrogens is 320 g/mol. The number of rotatable bonds is 10. The van der Waals surface area contributed by atoms with Crippen LogP contribution >= 0.6 is 0 Å². The van der Waals surface area contributed by atoms with Crippen molar-refractivity contribution in [2.45, 2.75) is 50.9 Å². The van der Waals surface area contributed by atoms with E-state index in [0.717, 1.165) is 5.56 Å². The second kappa shape index (κ2) is 10.3. The largest absolute Gasteiger partial charge is 0.481 e. The van der Waals surface area contributed by atoms with E-state index in [1.54, 1.807) is 0 Å². The van der Waals surface area contributed by atoms with Crippen molar-refractivity contribution in [2.24, 2.45) is 11.8 Å². The summed E-state index contributed by atoms with van der Waals surface area (Å²) in [6.45, 7) is 0.473. The molecule has 0 bridgehead atoms. The van der Waals surface area contributed by atoms with Crippen LogP contribution in [0.1, 0.15) is 37.7 Å². The molecule has 1 aromatic rings. The summed E-state index contributed by atoms with van der Waals surface area (Å²) in [5.74, 6) is -0.887. The van der Waals surface area contributed by atoms with Gasteiger partial charge in [0.05, 0.1) is 18.8 Å². The van der Waals surface area contributed by atoms with E-state index in [1.165, 1.54) is 0 Å². The minimum atomic E-state index is -0.779. The quantitative estimate of drug-likeness (QED) is 0.447. The van der Waals surface area contributed by atoms with Crippen LogP contribution in [0.15, 0.2) is 42.5 Å². The molecule has 1 fully saturated rings. The van der Waals surface area contributed by atoms with Gasteiger partial charge in [-0.1, -0.05) is 42.5 Å². The third kappa shape index (κ3) is 6.27. The molecule has 2 rings (SSSR count). The van der Waals surface area contributed by atoms with Gasteiger partial charge in [0.15, 0.2) is 0 Å². The van der Waals surface area contributed by atoms with Gasteiger partial charge in [-0.05, 0) is 30.7 Å². The highest BCUT2D eigenvalue weighted by Gasteiger charge is 2.42. The maximum absolute atomic E-state index is 10.5. The highest BCUT2D eigenvalue weighted by molar-refractivity contribution is 5.66. The Kier molecular flexibility index (Phi) is 8.12. The van der Waals surface area contributed by atoms with Gasteiger partial charge in [0, 0.05) is 25.4 Å². The third-order valence-corrected chi connectivity index (χ3v) is 4.85. The zero-order chi connectivity index (χ0) is 18.1. The van der Waals surface area contributed by atoms with Gasteiger partial charge in [-0.15, -0.1) is 0 Å². The third-order valence-electron chi connectivity index (χ3n) is 4.85. The van der Waals surface area contributed by atoms with Crippen LogP contribution in [-0.2, 0) is 16.1 Å². The topological polar surface area (TPSA) is 87.0 Å². The first-order chi connectivity index (χ1) is 12.1. The summed E-state index contributed by atoms with van der Waals surface area (Å²) in [5, 5.41) is 28.7. The Labute approximate surface area is 149 Å². The number of benzene rings is 1. The van der Waals surface area contributed by atoms with E-state index in [9.17, 15) is 15.0 Å². The zero-order valence-corrected chi connectivity index (χ0v) is 14.5. The van der Waals surface area contributed by atoms with Gasteiger partial charge >= 0.3 is 5.97 Å². The number of carbonyl (C=O) groups is 1. The van der Waals surface area contributed by atoms with E-state index < -0.39 is 12.1 Å². The van der Waals surface area contributed by atoms with Gasteiger partial charge in [0.25, 0.3) is 0 Å². The monoisotopic (exact) mass is 348 g/mol. The molecule has 25 heavy (non-hydrogen) atoms. The minimum Gasteiger partial charge on any atom is -0.481 e. The van der Waals surface area contributed by atoms with Gasteiger partial charge in [-0.2, -0.15) is 0 Å². The number of hydrogen-bond donors (Lipinski definition) is 3. The fraction of sp³-hybridized carbons (Fsp3) is 0.550. The maximum Gasteiger partial charge on any atom is 0.303 e. The summed E-state index contributed by atoms with van der Waals surface area (Å²) in [6.07, 6.45) is 6.02. The Bertz CT molecular complexity index is 542. The molecule has 0 unspecified atom stereocenters. The fourth-order valence-electron chi connectivity index (χ4n) is 3.44. The minimum absolute atomic E-state index is 0.00592. The van der Waals surface area contributed by atoms with Crippen molar-refractivity contribution >= 4 is 5.97 Å². The molecule has 0 spiro atoms. The number of allylic oxidation sites excluding steroid dienone is 2. The van der Waals surface area contributed by atoms with Gasteiger partial charge in [-0.25, -0.2) is 0 Å². The van der Waals surface area contributed by atoms with E-state index in [0.29, 0.717) is 32.3 Å². The van der Waals surface area contributed by atoms with E-state index >= 15 is 0 Å². The van der Waals surface area contributed by atoms with Crippen molar-refractivity contribution < 1.29 is 24.9 Å². The molecule has 0 heterocycles. The molecule has 1 aliphatic carbocycles. The molecule has 0 radical (unpaired) electrons. The highest BCUT2D eigenvalue weighted by atomic mass is 16.5. The van der Waals surface area contributed by atoms with Gasteiger partial charge in [0.1, 0.15) is 0 Å². The van der Waals surface area contributed by atoms with E-state index in [1.807, 2.05) is 42.5 Å². The Hall–Kier alpha value is -1.69. The standard InChI is InChI=1S/C20H28O5/c21-13-17-16(10-6-1-2-7-11-20(23)24)18(22)12-19(17)25-14-15-8-4-3-5-9-15/h1,3-6,8-9,16-19,21-22H,2,7,10-14H2,(H,23,24)/b6-1+/t16-,17-,18+,19-/m1/s1. The second-order valence-corrected chi connectivity index (χ2v) is 6.64. The number of unbranched alkanes of at least 4 members (excludes halogenated alkanes) is 1. The van der Waals surface area contributed by atoms with Crippen molar-refractivity contribution in [3.8, 4) is 0 Å². The van der Waals surface area contributed by atoms with Crippen LogP contribution in [0, 0.1) is 11.8 Å².